The Morgan fingerprint density at radius 1 is 1.35 bits per heavy atom. The van der Waals surface area contributed by atoms with Gasteiger partial charge in [0.05, 0.1) is 10.0 Å². The lowest BCUT2D eigenvalue weighted by molar-refractivity contribution is 0.482. The van der Waals surface area contributed by atoms with Gasteiger partial charge < -0.3 is 5.32 Å². The van der Waals surface area contributed by atoms with Gasteiger partial charge in [-0.3, -0.25) is 0 Å². The second-order valence-corrected chi connectivity index (χ2v) is 5.56. The summed E-state index contributed by atoms with van der Waals surface area (Å²) in [6, 6.07) is 6.24. The second kappa shape index (κ2) is 6.08. The molecule has 1 N–H and O–H groups in total. The predicted octanol–water partition coefficient (Wildman–Crippen LogP) is 4.83. The van der Waals surface area contributed by atoms with Crippen molar-refractivity contribution in [1.29, 1.82) is 0 Å². The zero-order valence-corrected chi connectivity index (χ0v) is 11.7. The molecule has 0 radical (unpaired) electrons. The Labute approximate surface area is 114 Å². The van der Waals surface area contributed by atoms with Gasteiger partial charge >= 0.3 is 0 Å². The van der Waals surface area contributed by atoms with Crippen LogP contribution >= 0.6 is 23.2 Å². The molecule has 1 fully saturated rings. The van der Waals surface area contributed by atoms with Crippen molar-refractivity contribution in [3.63, 3.8) is 0 Å². The van der Waals surface area contributed by atoms with Crippen molar-refractivity contribution >= 4 is 23.2 Å². The molecular formula is C14H19Cl2N. The summed E-state index contributed by atoms with van der Waals surface area (Å²) in [6.07, 6.45) is 5.25. The topological polar surface area (TPSA) is 12.0 Å². The minimum Gasteiger partial charge on any atom is -0.310 e. The normalized spacial score (nSPS) is 17.1. The zero-order valence-electron chi connectivity index (χ0n) is 10.2. The van der Waals surface area contributed by atoms with Crippen molar-refractivity contribution in [2.45, 2.75) is 38.6 Å². The van der Waals surface area contributed by atoms with Crippen LogP contribution in [0.1, 0.15) is 44.2 Å². The number of hydrogen-bond donors (Lipinski definition) is 1. The molecule has 94 valence electrons. The van der Waals surface area contributed by atoms with Crippen LogP contribution in [0.15, 0.2) is 18.2 Å². The van der Waals surface area contributed by atoms with E-state index in [0.717, 1.165) is 24.4 Å². The Morgan fingerprint density at radius 2 is 2.12 bits per heavy atom. The molecule has 1 saturated carbocycles. The second-order valence-electron chi connectivity index (χ2n) is 4.77. The van der Waals surface area contributed by atoms with Crippen LogP contribution in [0.3, 0.4) is 0 Å². The predicted molar refractivity (Wildman–Crippen MR) is 74.8 cm³/mol. The van der Waals surface area contributed by atoms with Gasteiger partial charge in [-0.15, -0.1) is 0 Å². The van der Waals surface area contributed by atoms with E-state index >= 15 is 0 Å². The molecule has 0 bridgehead atoms. The average Bonchev–Trinajstić information content (AvgIpc) is 3.12. The molecular weight excluding hydrogens is 253 g/mol. The standard InChI is InChI=1S/C14H19Cl2N/c1-2-17-13(9-8-10-6-7-10)11-4-3-5-12(15)14(11)16/h3-5,10,13,17H,2,6-9H2,1H3. The molecule has 17 heavy (non-hydrogen) atoms. The first-order valence-electron chi connectivity index (χ1n) is 6.39. The van der Waals surface area contributed by atoms with Crippen LogP contribution < -0.4 is 5.32 Å². The molecule has 0 amide bonds. The highest BCUT2D eigenvalue weighted by molar-refractivity contribution is 6.42. The minimum atomic E-state index is 0.340. The van der Waals surface area contributed by atoms with Crippen molar-refractivity contribution in [2.24, 2.45) is 5.92 Å². The van der Waals surface area contributed by atoms with E-state index in [-0.39, 0.29) is 0 Å². The Morgan fingerprint density at radius 3 is 2.76 bits per heavy atom. The Balaban J connectivity index is 2.09. The molecule has 2 rings (SSSR count). The van der Waals surface area contributed by atoms with E-state index in [1.807, 2.05) is 12.1 Å². The molecule has 1 aliphatic rings. The molecule has 1 unspecified atom stereocenters. The van der Waals surface area contributed by atoms with Gasteiger partial charge in [0.15, 0.2) is 0 Å². The first kappa shape index (κ1) is 13.2. The number of benzene rings is 1. The lowest BCUT2D eigenvalue weighted by Crippen LogP contribution is -2.21. The first-order valence-corrected chi connectivity index (χ1v) is 7.15. The van der Waals surface area contributed by atoms with E-state index in [2.05, 4.69) is 18.3 Å². The lowest BCUT2D eigenvalue weighted by Gasteiger charge is -2.20. The monoisotopic (exact) mass is 271 g/mol. The SMILES string of the molecule is CCNC(CCC1CC1)c1cccc(Cl)c1Cl. The molecule has 1 aromatic rings. The largest absolute Gasteiger partial charge is 0.310 e. The summed E-state index contributed by atoms with van der Waals surface area (Å²) in [5.41, 5.74) is 1.14. The smallest absolute Gasteiger partial charge is 0.0640 e. The van der Waals surface area contributed by atoms with Crippen molar-refractivity contribution in [3.05, 3.63) is 33.8 Å². The molecule has 0 aliphatic heterocycles. The van der Waals surface area contributed by atoms with Crippen molar-refractivity contribution < 1.29 is 0 Å². The molecule has 1 atom stereocenters. The van der Waals surface area contributed by atoms with Crippen LogP contribution in [0, 0.1) is 5.92 Å². The van der Waals surface area contributed by atoms with Crippen LogP contribution in [0.4, 0.5) is 0 Å². The van der Waals surface area contributed by atoms with E-state index < -0.39 is 0 Å². The number of hydrogen-bond acceptors (Lipinski definition) is 1. The van der Waals surface area contributed by atoms with Gasteiger partial charge in [-0.25, -0.2) is 0 Å². The fraction of sp³-hybridized carbons (Fsp3) is 0.571. The van der Waals surface area contributed by atoms with Crippen molar-refractivity contribution in [1.82, 2.24) is 5.32 Å². The quantitative estimate of drug-likeness (QED) is 0.781. The maximum Gasteiger partial charge on any atom is 0.0640 e. The van der Waals surface area contributed by atoms with Gasteiger partial charge in [-0.1, -0.05) is 55.1 Å². The lowest BCUT2D eigenvalue weighted by atomic mass is 10.0. The summed E-state index contributed by atoms with van der Waals surface area (Å²) >= 11 is 12.4. The van der Waals surface area contributed by atoms with Crippen molar-refractivity contribution in [3.8, 4) is 0 Å². The van der Waals surface area contributed by atoms with E-state index in [1.165, 1.54) is 19.3 Å². The maximum atomic E-state index is 6.28. The molecule has 0 saturated heterocycles. The van der Waals surface area contributed by atoms with Crippen LogP contribution in [0.25, 0.3) is 0 Å². The Bertz CT molecular complexity index is 374. The molecule has 0 spiro atoms. The summed E-state index contributed by atoms with van der Waals surface area (Å²) in [5, 5.41) is 4.86. The first-order chi connectivity index (χ1) is 8.22. The third kappa shape index (κ3) is 3.61. The zero-order chi connectivity index (χ0) is 12.3. The third-order valence-corrected chi connectivity index (χ3v) is 4.20. The molecule has 0 aromatic heterocycles. The number of rotatable bonds is 6. The van der Waals surface area contributed by atoms with Gasteiger partial charge in [-0.2, -0.15) is 0 Å². The number of nitrogens with one attached hydrogen (secondary N) is 1. The van der Waals surface area contributed by atoms with E-state index in [4.69, 9.17) is 23.2 Å². The van der Waals surface area contributed by atoms with Gasteiger partial charge in [-0.05, 0) is 36.9 Å². The van der Waals surface area contributed by atoms with Crippen LogP contribution in [0.2, 0.25) is 10.0 Å². The van der Waals surface area contributed by atoms with Crippen LogP contribution in [0.5, 0.6) is 0 Å². The summed E-state index contributed by atoms with van der Waals surface area (Å²) in [6.45, 7) is 3.08. The summed E-state index contributed by atoms with van der Waals surface area (Å²) in [5.74, 6) is 0.953. The maximum absolute atomic E-state index is 6.28. The summed E-state index contributed by atoms with van der Waals surface area (Å²) in [7, 11) is 0. The summed E-state index contributed by atoms with van der Waals surface area (Å²) < 4.78 is 0. The van der Waals surface area contributed by atoms with Crippen LogP contribution in [-0.4, -0.2) is 6.54 Å². The van der Waals surface area contributed by atoms with Gasteiger partial charge in [0.2, 0.25) is 0 Å². The molecule has 0 heterocycles. The highest BCUT2D eigenvalue weighted by atomic mass is 35.5. The number of halogens is 2. The molecule has 1 nitrogen and oxygen atoms in total. The fourth-order valence-electron chi connectivity index (χ4n) is 2.21. The van der Waals surface area contributed by atoms with E-state index in [9.17, 15) is 0 Å². The molecule has 1 aliphatic carbocycles. The van der Waals surface area contributed by atoms with E-state index in [1.54, 1.807) is 0 Å². The Kier molecular flexibility index (Phi) is 4.72. The average molecular weight is 272 g/mol. The highest BCUT2D eigenvalue weighted by Gasteiger charge is 2.23. The Hall–Kier alpha value is -0.240. The van der Waals surface area contributed by atoms with Crippen LogP contribution in [-0.2, 0) is 0 Å². The van der Waals surface area contributed by atoms with Gasteiger partial charge in [0.1, 0.15) is 0 Å². The van der Waals surface area contributed by atoms with E-state index in [0.29, 0.717) is 16.1 Å². The van der Waals surface area contributed by atoms with Gasteiger partial charge in [0, 0.05) is 6.04 Å². The van der Waals surface area contributed by atoms with Gasteiger partial charge in [0.25, 0.3) is 0 Å². The molecule has 1 aromatic carbocycles. The third-order valence-electron chi connectivity index (χ3n) is 3.37. The summed E-state index contributed by atoms with van der Waals surface area (Å²) in [4.78, 5) is 0. The minimum absolute atomic E-state index is 0.340. The highest BCUT2D eigenvalue weighted by Crippen LogP contribution is 2.38. The van der Waals surface area contributed by atoms with Crippen molar-refractivity contribution in [2.75, 3.05) is 6.54 Å². The molecule has 3 heteroatoms. The fourth-order valence-corrected chi connectivity index (χ4v) is 2.65.